The number of aromatic nitrogens is 4. The fraction of sp³-hybridized carbons (Fsp3) is 0.0667. The maximum atomic E-state index is 12.1. The van der Waals surface area contributed by atoms with Gasteiger partial charge in [0.15, 0.2) is 0 Å². The molecule has 0 saturated carbocycles. The van der Waals surface area contributed by atoms with Crippen LogP contribution in [0.3, 0.4) is 0 Å². The highest BCUT2D eigenvalue weighted by atomic mass is 16.2. The molecule has 3 aromatic rings. The summed E-state index contributed by atoms with van der Waals surface area (Å²) in [6, 6.07) is 11.9. The van der Waals surface area contributed by atoms with E-state index in [1.165, 1.54) is 19.2 Å². The quantitative estimate of drug-likeness (QED) is 0.764. The zero-order valence-electron chi connectivity index (χ0n) is 11.8. The number of hydrogen-bond acceptors (Lipinski definition) is 4. The van der Waals surface area contributed by atoms with E-state index in [0.717, 1.165) is 15.9 Å². The lowest BCUT2D eigenvalue weighted by Crippen LogP contribution is -2.23. The average molecular weight is 295 g/mol. The Kier molecular flexibility index (Phi) is 3.53. The zero-order chi connectivity index (χ0) is 15.5. The van der Waals surface area contributed by atoms with Gasteiger partial charge in [0.05, 0.1) is 5.69 Å². The van der Waals surface area contributed by atoms with Crippen LogP contribution in [0.25, 0.3) is 11.3 Å². The minimum absolute atomic E-state index is 0.180. The smallest absolute Gasteiger partial charge is 0.276 e. The minimum Gasteiger partial charge on any atom is -0.321 e. The van der Waals surface area contributed by atoms with Crippen molar-refractivity contribution < 1.29 is 4.79 Å². The molecular formula is C15H13N5O2. The molecule has 110 valence electrons. The number of hydrogen-bond donors (Lipinski definition) is 2. The fourth-order valence-corrected chi connectivity index (χ4v) is 1.97. The normalized spacial score (nSPS) is 10.4. The molecule has 2 heterocycles. The highest BCUT2D eigenvalue weighted by molar-refractivity contribution is 6.02. The van der Waals surface area contributed by atoms with Gasteiger partial charge in [-0.05, 0) is 29.8 Å². The van der Waals surface area contributed by atoms with Gasteiger partial charge >= 0.3 is 0 Å². The summed E-state index contributed by atoms with van der Waals surface area (Å²) < 4.78 is 1.12. The summed E-state index contributed by atoms with van der Waals surface area (Å²) in [6.07, 6.45) is 1.68. The Hall–Kier alpha value is -3.22. The molecule has 7 heteroatoms. The van der Waals surface area contributed by atoms with Crippen molar-refractivity contribution in [3.63, 3.8) is 0 Å². The van der Waals surface area contributed by atoms with Crippen LogP contribution in [0.15, 0.2) is 53.5 Å². The van der Waals surface area contributed by atoms with Crippen LogP contribution in [0.5, 0.6) is 0 Å². The van der Waals surface area contributed by atoms with Crippen LogP contribution >= 0.6 is 0 Å². The van der Waals surface area contributed by atoms with Crippen molar-refractivity contribution in [2.24, 2.45) is 7.05 Å². The van der Waals surface area contributed by atoms with E-state index in [1.54, 1.807) is 18.3 Å². The molecule has 0 aliphatic heterocycles. The maximum Gasteiger partial charge on any atom is 0.276 e. The summed E-state index contributed by atoms with van der Waals surface area (Å²) in [7, 11) is 1.50. The van der Waals surface area contributed by atoms with Gasteiger partial charge in [-0.15, -0.1) is 0 Å². The number of aromatic amines is 1. The lowest BCUT2D eigenvalue weighted by Gasteiger charge is -2.06. The molecular weight excluding hydrogens is 282 g/mol. The third kappa shape index (κ3) is 2.78. The van der Waals surface area contributed by atoms with E-state index in [4.69, 9.17) is 0 Å². The highest BCUT2D eigenvalue weighted by Gasteiger charge is 2.09. The van der Waals surface area contributed by atoms with Crippen LogP contribution < -0.4 is 10.9 Å². The van der Waals surface area contributed by atoms with Crippen LogP contribution in [0, 0.1) is 0 Å². The van der Waals surface area contributed by atoms with Gasteiger partial charge in [0.1, 0.15) is 5.69 Å². The maximum absolute atomic E-state index is 12.1. The molecule has 2 aromatic heterocycles. The van der Waals surface area contributed by atoms with Gasteiger partial charge in [0, 0.05) is 25.0 Å². The molecule has 1 aromatic carbocycles. The van der Waals surface area contributed by atoms with Crippen molar-refractivity contribution >= 4 is 11.6 Å². The number of carbonyl (C=O) groups is 1. The SMILES string of the molecule is Cn1nc(C(=O)Nc2ccc(-c3ccn[nH]3)cc2)ccc1=O. The Morgan fingerprint density at radius 3 is 2.55 bits per heavy atom. The van der Waals surface area contributed by atoms with Gasteiger partial charge in [-0.3, -0.25) is 14.7 Å². The van der Waals surface area contributed by atoms with Crippen LogP contribution in [0.4, 0.5) is 5.69 Å². The largest absolute Gasteiger partial charge is 0.321 e. The molecule has 0 aliphatic rings. The highest BCUT2D eigenvalue weighted by Crippen LogP contribution is 2.19. The number of amides is 1. The summed E-state index contributed by atoms with van der Waals surface area (Å²) in [5.74, 6) is -0.370. The third-order valence-electron chi connectivity index (χ3n) is 3.15. The lowest BCUT2D eigenvalue weighted by atomic mass is 10.1. The first-order valence-electron chi connectivity index (χ1n) is 6.59. The number of nitrogens with one attached hydrogen (secondary N) is 2. The van der Waals surface area contributed by atoms with E-state index >= 15 is 0 Å². The molecule has 0 fully saturated rings. The van der Waals surface area contributed by atoms with Gasteiger partial charge < -0.3 is 5.32 Å². The van der Waals surface area contributed by atoms with Gasteiger partial charge in [-0.1, -0.05) is 12.1 Å². The van der Waals surface area contributed by atoms with Crippen LogP contribution in [-0.2, 0) is 7.05 Å². The van der Waals surface area contributed by atoms with Crippen molar-refractivity contribution in [2.45, 2.75) is 0 Å². The molecule has 2 N–H and O–H groups in total. The van der Waals surface area contributed by atoms with Crippen molar-refractivity contribution in [1.82, 2.24) is 20.0 Å². The van der Waals surface area contributed by atoms with Gasteiger partial charge in [0.25, 0.3) is 11.5 Å². The molecule has 0 saturated heterocycles. The number of carbonyl (C=O) groups excluding carboxylic acids is 1. The Balaban J connectivity index is 1.76. The molecule has 3 rings (SSSR count). The number of rotatable bonds is 3. The van der Waals surface area contributed by atoms with E-state index in [-0.39, 0.29) is 17.2 Å². The molecule has 1 amide bonds. The first kappa shape index (κ1) is 13.7. The molecule has 0 unspecified atom stereocenters. The number of anilines is 1. The topological polar surface area (TPSA) is 92.7 Å². The number of aryl methyl sites for hydroxylation is 1. The fourth-order valence-electron chi connectivity index (χ4n) is 1.97. The summed E-state index contributed by atoms with van der Waals surface area (Å²) in [6.45, 7) is 0. The molecule has 0 aliphatic carbocycles. The van der Waals surface area contributed by atoms with Crippen molar-refractivity contribution in [2.75, 3.05) is 5.32 Å². The molecule has 22 heavy (non-hydrogen) atoms. The lowest BCUT2D eigenvalue weighted by molar-refractivity contribution is 0.102. The second kappa shape index (κ2) is 5.65. The second-order valence-corrected chi connectivity index (χ2v) is 4.68. The standard InChI is InChI=1S/C15H13N5O2/c1-20-14(21)7-6-13(19-20)15(22)17-11-4-2-10(3-5-11)12-8-9-16-18-12/h2-9H,1H3,(H,16,18)(H,17,22). The van der Waals surface area contributed by atoms with E-state index in [1.807, 2.05) is 18.2 Å². The van der Waals surface area contributed by atoms with E-state index in [0.29, 0.717) is 5.69 Å². The third-order valence-corrected chi connectivity index (χ3v) is 3.15. The Bertz CT molecular complexity index is 850. The van der Waals surface area contributed by atoms with Crippen molar-refractivity contribution in [3.05, 3.63) is 64.7 Å². The predicted molar refractivity (Wildman–Crippen MR) is 81.5 cm³/mol. The first-order valence-corrected chi connectivity index (χ1v) is 6.59. The van der Waals surface area contributed by atoms with Gasteiger partial charge in [0.2, 0.25) is 0 Å². The summed E-state index contributed by atoms with van der Waals surface area (Å²) >= 11 is 0. The monoisotopic (exact) mass is 295 g/mol. The zero-order valence-corrected chi connectivity index (χ0v) is 11.8. The molecule has 0 radical (unpaired) electrons. The van der Waals surface area contributed by atoms with Crippen LogP contribution in [0.2, 0.25) is 0 Å². The molecule has 0 spiro atoms. The molecule has 7 nitrogen and oxygen atoms in total. The number of nitrogens with zero attached hydrogens (tertiary/aromatic N) is 3. The van der Waals surface area contributed by atoms with Gasteiger partial charge in [-0.2, -0.15) is 10.2 Å². The van der Waals surface area contributed by atoms with Gasteiger partial charge in [-0.25, -0.2) is 4.68 Å². The average Bonchev–Trinajstić information content (AvgIpc) is 3.05. The number of benzene rings is 1. The first-order chi connectivity index (χ1) is 10.6. The van der Waals surface area contributed by atoms with Crippen LogP contribution in [-0.4, -0.2) is 25.9 Å². The summed E-state index contributed by atoms with van der Waals surface area (Å²) in [5.41, 5.74) is 2.43. The Morgan fingerprint density at radius 2 is 1.91 bits per heavy atom. The summed E-state index contributed by atoms with van der Waals surface area (Å²) in [4.78, 5) is 23.3. The van der Waals surface area contributed by atoms with Crippen LogP contribution in [0.1, 0.15) is 10.5 Å². The van der Waals surface area contributed by atoms with Crippen molar-refractivity contribution in [3.8, 4) is 11.3 Å². The van der Waals surface area contributed by atoms with E-state index in [9.17, 15) is 9.59 Å². The Labute approximate surface area is 125 Å². The Morgan fingerprint density at radius 1 is 1.14 bits per heavy atom. The molecule has 0 bridgehead atoms. The predicted octanol–water partition coefficient (Wildman–Crippen LogP) is 1.42. The van der Waals surface area contributed by atoms with E-state index < -0.39 is 0 Å². The van der Waals surface area contributed by atoms with E-state index in [2.05, 4.69) is 20.6 Å². The van der Waals surface area contributed by atoms with Crippen molar-refractivity contribution in [1.29, 1.82) is 0 Å². The molecule has 0 atom stereocenters. The second-order valence-electron chi connectivity index (χ2n) is 4.68. The summed E-state index contributed by atoms with van der Waals surface area (Å²) in [5, 5.41) is 13.4. The minimum atomic E-state index is -0.370. The number of H-pyrrole nitrogens is 1.